The van der Waals surface area contributed by atoms with Gasteiger partial charge >= 0.3 is 11.9 Å². The first-order valence-electron chi connectivity index (χ1n) is 5.49. The van der Waals surface area contributed by atoms with Crippen LogP contribution in [0.25, 0.3) is 0 Å². The van der Waals surface area contributed by atoms with E-state index >= 15 is 0 Å². The summed E-state index contributed by atoms with van der Waals surface area (Å²) < 4.78 is 9.49. The van der Waals surface area contributed by atoms with Crippen molar-refractivity contribution in [2.75, 3.05) is 21.3 Å². The highest BCUT2D eigenvalue weighted by molar-refractivity contribution is 5.79. The highest BCUT2D eigenvalue weighted by atomic mass is 16.5. The molecule has 0 bridgehead atoms. The number of hydrogen-bond acceptors (Lipinski definition) is 5. The van der Waals surface area contributed by atoms with Gasteiger partial charge in [0.15, 0.2) is 0 Å². The normalized spacial score (nSPS) is 26.9. The maximum Gasteiger partial charge on any atom is 0.323 e. The molecule has 0 aromatic rings. The molecule has 1 heterocycles. The fourth-order valence-electron chi connectivity index (χ4n) is 2.14. The summed E-state index contributed by atoms with van der Waals surface area (Å²) in [5.41, 5.74) is 0. The van der Waals surface area contributed by atoms with Gasteiger partial charge in [0.1, 0.15) is 12.1 Å². The van der Waals surface area contributed by atoms with Gasteiger partial charge in [-0.25, -0.2) is 0 Å². The van der Waals surface area contributed by atoms with E-state index < -0.39 is 0 Å². The van der Waals surface area contributed by atoms with Crippen molar-refractivity contribution in [2.45, 2.75) is 37.8 Å². The molecule has 0 spiro atoms. The lowest BCUT2D eigenvalue weighted by molar-refractivity contribution is -0.153. The molecule has 1 saturated heterocycles. The summed E-state index contributed by atoms with van der Waals surface area (Å²) in [5, 5.41) is 0. The number of carbonyl (C=O) groups excluding carboxylic acids is 2. The van der Waals surface area contributed by atoms with Crippen LogP contribution in [0.2, 0.25) is 0 Å². The first kappa shape index (κ1) is 13.0. The van der Waals surface area contributed by atoms with Crippen LogP contribution in [0, 0.1) is 0 Å². The summed E-state index contributed by atoms with van der Waals surface area (Å²) >= 11 is 0. The Morgan fingerprint density at radius 1 is 1.00 bits per heavy atom. The molecule has 0 aliphatic carbocycles. The monoisotopic (exact) mass is 229 g/mol. The standard InChI is InChI=1S/C11H19NO4/c1-12-8(10(13)15-2)6-4-5-7-9(12)11(14)16-3/h8-9H,4-7H2,1-3H3. The van der Waals surface area contributed by atoms with Gasteiger partial charge in [0.05, 0.1) is 14.2 Å². The fourth-order valence-corrected chi connectivity index (χ4v) is 2.14. The Balaban J connectivity index is 2.79. The molecular formula is C11H19NO4. The molecule has 2 atom stereocenters. The molecule has 0 amide bonds. The molecule has 1 rings (SSSR count). The summed E-state index contributed by atoms with van der Waals surface area (Å²) in [5.74, 6) is -0.559. The number of rotatable bonds is 2. The molecule has 1 aliphatic heterocycles. The van der Waals surface area contributed by atoms with Gasteiger partial charge in [-0.1, -0.05) is 12.8 Å². The molecule has 2 unspecified atom stereocenters. The van der Waals surface area contributed by atoms with Crippen LogP contribution in [0.15, 0.2) is 0 Å². The number of likely N-dealkylation sites (N-methyl/N-ethyl adjacent to an activating group) is 1. The Labute approximate surface area is 95.7 Å². The lowest BCUT2D eigenvalue weighted by Crippen LogP contribution is -2.47. The molecule has 1 fully saturated rings. The second kappa shape index (κ2) is 5.84. The molecule has 5 nitrogen and oxygen atoms in total. The van der Waals surface area contributed by atoms with Gasteiger partial charge in [-0.15, -0.1) is 0 Å². The molecule has 16 heavy (non-hydrogen) atoms. The van der Waals surface area contributed by atoms with Gasteiger partial charge < -0.3 is 9.47 Å². The van der Waals surface area contributed by atoms with Crippen molar-refractivity contribution in [3.05, 3.63) is 0 Å². The number of likely N-dealkylation sites (tertiary alicyclic amines) is 1. The van der Waals surface area contributed by atoms with Crippen molar-refractivity contribution in [1.82, 2.24) is 4.90 Å². The van der Waals surface area contributed by atoms with Crippen LogP contribution in [-0.2, 0) is 19.1 Å². The van der Waals surface area contributed by atoms with Crippen molar-refractivity contribution in [3.63, 3.8) is 0 Å². The molecule has 0 N–H and O–H groups in total. The third-order valence-electron chi connectivity index (χ3n) is 3.13. The molecule has 0 radical (unpaired) electrons. The van der Waals surface area contributed by atoms with Crippen LogP contribution >= 0.6 is 0 Å². The smallest absolute Gasteiger partial charge is 0.323 e. The molecule has 0 aromatic heterocycles. The zero-order valence-corrected chi connectivity index (χ0v) is 10.1. The molecule has 0 saturated carbocycles. The van der Waals surface area contributed by atoms with Gasteiger partial charge in [0.25, 0.3) is 0 Å². The topological polar surface area (TPSA) is 55.8 Å². The Hall–Kier alpha value is -1.10. The summed E-state index contributed by atoms with van der Waals surface area (Å²) in [7, 11) is 4.51. The minimum absolute atomic E-state index is 0.279. The summed E-state index contributed by atoms with van der Waals surface area (Å²) in [6.45, 7) is 0. The second-order valence-corrected chi connectivity index (χ2v) is 4.03. The van der Waals surface area contributed by atoms with Gasteiger partial charge in [-0.05, 0) is 19.9 Å². The van der Waals surface area contributed by atoms with Crippen LogP contribution < -0.4 is 0 Å². The Kier molecular flexibility index (Phi) is 4.73. The average Bonchev–Trinajstić information content (AvgIpc) is 2.49. The molecule has 0 aromatic carbocycles. The van der Waals surface area contributed by atoms with Crippen molar-refractivity contribution in [1.29, 1.82) is 0 Å². The zero-order valence-electron chi connectivity index (χ0n) is 10.1. The fraction of sp³-hybridized carbons (Fsp3) is 0.818. The highest BCUT2D eigenvalue weighted by Gasteiger charge is 2.35. The van der Waals surface area contributed by atoms with E-state index in [1.807, 2.05) is 0 Å². The quantitative estimate of drug-likeness (QED) is 0.648. The summed E-state index contributed by atoms with van der Waals surface area (Å²) in [6, 6.07) is -0.673. The van der Waals surface area contributed by atoms with E-state index in [9.17, 15) is 9.59 Å². The first-order valence-corrected chi connectivity index (χ1v) is 5.49. The molecule has 92 valence electrons. The molecule has 5 heteroatoms. The second-order valence-electron chi connectivity index (χ2n) is 4.03. The highest BCUT2D eigenvalue weighted by Crippen LogP contribution is 2.22. The van der Waals surface area contributed by atoms with Crippen molar-refractivity contribution in [2.24, 2.45) is 0 Å². The first-order chi connectivity index (χ1) is 7.61. The Morgan fingerprint density at radius 3 is 1.69 bits per heavy atom. The Bertz CT molecular complexity index is 241. The lowest BCUT2D eigenvalue weighted by atomic mass is 10.1. The number of esters is 2. The maximum atomic E-state index is 11.6. The van der Waals surface area contributed by atoms with E-state index in [-0.39, 0.29) is 24.0 Å². The average molecular weight is 229 g/mol. The van der Waals surface area contributed by atoms with Gasteiger partial charge in [-0.2, -0.15) is 0 Å². The number of hydrogen-bond donors (Lipinski definition) is 0. The van der Waals surface area contributed by atoms with E-state index in [4.69, 9.17) is 9.47 Å². The number of nitrogens with zero attached hydrogens (tertiary/aromatic N) is 1. The number of ether oxygens (including phenoxy) is 2. The van der Waals surface area contributed by atoms with Crippen molar-refractivity contribution >= 4 is 11.9 Å². The third kappa shape index (κ3) is 2.72. The number of carbonyl (C=O) groups is 2. The van der Waals surface area contributed by atoms with Crippen molar-refractivity contribution < 1.29 is 19.1 Å². The summed E-state index contributed by atoms with van der Waals surface area (Å²) in [4.78, 5) is 24.9. The van der Waals surface area contributed by atoms with E-state index in [1.54, 1.807) is 11.9 Å². The largest absolute Gasteiger partial charge is 0.468 e. The van der Waals surface area contributed by atoms with Gasteiger partial charge in [0.2, 0.25) is 0 Å². The van der Waals surface area contributed by atoms with Crippen molar-refractivity contribution in [3.8, 4) is 0 Å². The Morgan fingerprint density at radius 2 is 1.38 bits per heavy atom. The van der Waals surface area contributed by atoms with E-state index in [1.165, 1.54) is 14.2 Å². The van der Waals surface area contributed by atoms with Gasteiger partial charge in [0, 0.05) is 0 Å². The summed E-state index contributed by atoms with van der Waals surface area (Å²) in [6.07, 6.45) is 3.32. The zero-order chi connectivity index (χ0) is 12.1. The maximum absolute atomic E-state index is 11.6. The third-order valence-corrected chi connectivity index (χ3v) is 3.13. The van der Waals surface area contributed by atoms with Crippen LogP contribution in [0.3, 0.4) is 0 Å². The van der Waals surface area contributed by atoms with E-state index in [0.717, 1.165) is 25.7 Å². The van der Waals surface area contributed by atoms with Gasteiger partial charge in [-0.3, -0.25) is 14.5 Å². The van der Waals surface area contributed by atoms with Crippen LogP contribution in [-0.4, -0.2) is 50.2 Å². The SMILES string of the molecule is COC(=O)C1CCCCC(C(=O)OC)N1C. The van der Waals surface area contributed by atoms with Crippen LogP contribution in [0.4, 0.5) is 0 Å². The predicted molar refractivity (Wildman–Crippen MR) is 57.8 cm³/mol. The molecule has 1 aliphatic rings. The van der Waals surface area contributed by atoms with Crippen LogP contribution in [0.5, 0.6) is 0 Å². The van der Waals surface area contributed by atoms with E-state index in [0.29, 0.717) is 0 Å². The minimum Gasteiger partial charge on any atom is -0.468 e. The van der Waals surface area contributed by atoms with E-state index in [2.05, 4.69) is 0 Å². The minimum atomic E-state index is -0.336. The molecular weight excluding hydrogens is 210 g/mol. The number of methoxy groups -OCH3 is 2. The van der Waals surface area contributed by atoms with Crippen LogP contribution in [0.1, 0.15) is 25.7 Å². The lowest BCUT2D eigenvalue weighted by Gasteiger charge is -2.29. The predicted octanol–water partition coefficient (Wildman–Crippen LogP) is 0.575.